The zero-order valence-corrected chi connectivity index (χ0v) is 12.5. The van der Waals surface area contributed by atoms with Crippen LogP contribution < -0.4 is 5.32 Å². The van der Waals surface area contributed by atoms with Crippen molar-refractivity contribution in [1.82, 2.24) is 14.9 Å². The lowest BCUT2D eigenvalue weighted by Gasteiger charge is -2.57. The first-order chi connectivity index (χ1) is 10.3. The van der Waals surface area contributed by atoms with Crippen molar-refractivity contribution in [2.45, 2.75) is 50.6 Å². The van der Waals surface area contributed by atoms with E-state index in [0.717, 1.165) is 24.3 Å². The number of pyridine rings is 1. The highest BCUT2D eigenvalue weighted by molar-refractivity contribution is 5.53. The van der Waals surface area contributed by atoms with Gasteiger partial charge in [-0.2, -0.15) is 5.10 Å². The van der Waals surface area contributed by atoms with Crippen molar-refractivity contribution in [3.05, 3.63) is 36.2 Å². The molecule has 4 aliphatic rings. The first-order valence-corrected chi connectivity index (χ1v) is 8.46. The number of nitrogens with zero attached hydrogens (tertiary/aromatic N) is 2. The molecular formula is C18H23N3. The van der Waals surface area contributed by atoms with Gasteiger partial charge in [0.1, 0.15) is 0 Å². The van der Waals surface area contributed by atoms with Crippen molar-refractivity contribution in [3.63, 3.8) is 0 Å². The van der Waals surface area contributed by atoms with Crippen LogP contribution in [0, 0.1) is 17.8 Å². The summed E-state index contributed by atoms with van der Waals surface area (Å²) < 4.78 is 1.98. The molecule has 0 amide bonds. The van der Waals surface area contributed by atoms with E-state index in [-0.39, 0.29) is 0 Å². The molecule has 1 N–H and O–H groups in total. The third kappa shape index (κ3) is 1.94. The number of hydrogen-bond acceptors (Lipinski definition) is 2. The summed E-state index contributed by atoms with van der Waals surface area (Å²) in [4.78, 5) is 0. The minimum atomic E-state index is 0.442. The quantitative estimate of drug-likeness (QED) is 0.934. The Morgan fingerprint density at radius 3 is 2.52 bits per heavy atom. The molecular weight excluding hydrogens is 258 g/mol. The lowest BCUT2D eigenvalue weighted by molar-refractivity contribution is -0.0205. The zero-order valence-electron chi connectivity index (χ0n) is 12.5. The summed E-state index contributed by atoms with van der Waals surface area (Å²) in [7, 11) is 0. The maximum Gasteiger partial charge on any atom is 0.0706 e. The summed E-state index contributed by atoms with van der Waals surface area (Å²) in [5, 5.41) is 8.43. The second-order valence-electron chi connectivity index (χ2n) is 7.75. The SMILES string of the molecule is c1ccn2ncc(CNC34CC5CC(CC(C5)C3)C4)c2c1. The van der Waals surface area contributed by atoms with E-state index in [2.05, 4.69) is 22.5 Å². The van der Waals surface area contributed by atoms with E-state index in [9.17, 15) is 0 Å². The molecule has 0 spiro atoms. The Morgan fingerprint density at radius 1 is 1.10 bits per heavy atom. The van der Waals surface area contributed by atoms with Gasteiger partial charge < -0.3 is 5.32 Å². The van der Waals surface area contributed by atoms with Gasteiger partial charge in [0.2, 0.25) is 0 Å². The van der Waals surface area contributed by atoms with Gasteiger partial charge in [-0.25, -0.2) is 4.52 Å². The standard InChI is InChI=1S/C18H23N3/c1-2-4-21-17(3-1)16(12-20-21)11-19-18-8-13-5-14(9-18)7-15(6-13)10-18/h1-4,12-15,19H,5-11H2. The molecule has 110 valence electrons. The van der Waals surface area contributed by atoms with Gasteiger partial charge in [0.15, 0.2) is 0 Å². The summed E-state index contributed by atoms with van der Waals surface area (Å²) >= 11 is 0. The molecule has 0 radical (unpaired) electrons. The summed E-state index contributed by atoms with van der Waals surface area (Å²) in [6.07, 6.45) is 12.8. The van der Waals surface area contributed by atoms with Crippen LogP contribution in [0.2, 0.25) is 0 Å². The van der Waals surface area contributed by atoms with E-state index in [1.807, 2.05) is 23.0 Å². The summed E-state index contributed by atoms with van der Waals surface area (Å²) in [5.41, 5.74) is 3.03. The van der Waals surface area contributed by atoms with Gasteiger partial charge in [0.05, 0.1) is 11.7 Å². The second-order valence-corrected chi connectivity index (χ2v) is 7.75. The number of hydrogen-bond donors (Lipinski definition) is 1. The van der Waals surface area contributed by atoms with E-state index >= 15 is 0 Å². The van der Waals surface area contributed by atoms with Crippen LogP contribution in [0.25, 0.3) is 5.52 Å². The smallest absolute Gasteiger partial charge is 0.0706 e. The third-order valence-electron chi connectivity index (χ3n) is 6.20. The average molecular weight is 281 g/mol. The molecule has 3 nitrogen and oxygen atoms in total. The van der Waals surface area contributed by atoms with Gasteiger partial charge in [0.25, 0.3) is 0 Å². The maximum atomic E-state index is 4.46. The molecule has 2 aromatic heterocycles. The minimum Gasteiger partial charge on any atom is -0.307 e. The summed E-state index contributed by atoms with van der Waals surface area (Å²) in [6.45, 7) is 0.972. The van der Waals surface area contributed by atoms with Gasteiger partial charge in [-0.1, -0.05) is 6.07 Å². The van der Waals surface area contributed by atoms with Crippen molar-refractivity contribution in [2.24, 2.45) is 17.8 Å². The topological polar surface area (TPSA) is 29.3 Å². The average Bonchev–Trinajstić information content (AvgIpc) is 2.87. The fourth-order valence-corrected chi connectivity index (χ4v) is 5.73. The van der Waals surface area contributed by atoms with Crippen molar-refractivity contribution < 1.29 is 0 Å². The van der Waals surface area contributed by atoms with Gasteiger partial charge in [-0.05, 0) is 68.4 Å². The highest BCUT2D eigenvalue weighted by atomic mass is 15.2. The Morgan fingerprint density at radius 2 is 1.81 bits per heavy atom. The summed E-state index contributed by atoms with van der Waals surface area (Å²) in [5.74, 6) is 3.02. The van der Waals surface area contributed by atoms with E-state index in [4.69, 9.17) is 0 Å². The molecule has 4 aliphatic carbocycles. The van der Waals surface area contributed by atoms with Gasteiger partial charge in [-0.15, -0.1) is 0 Å². The second kappa shape index (κ2) is 4.33. The highest BCUT2D eigenvalue weighted by Gasteiger charge is 2.50. The van der Waals surface area contributed by atoms with Crippen LogP contribution in [0.15, 0.2) is 30.6 Å². The van der Waals surface area contributed by atoms with Crippen LogP contribution in [0.4, 0.5) is 0 Å². The normalized spacial score (nSPS) is 37.4. The predicted molar refractivity (Wildman–Crippen MR) is 82.9 cm³/mol. The first-order valence-electron chi connectivity index (χ1n) is 8.46. The lowest BCUT2D eigenvalue weighted by atomic mass is 9.53. The molecule has 0 unspecified atom stereocenters. The van der Waals surface area contributed by atoms with Gasteiger partial charge in [0, 0.05) is 23.8 Å². The molecule has 6 rings (SSSR count). The van der Waals surface area contributed by atoms with E-state index in [1.165, 1.54) is 49.6 Å². The van der Waals surface area contributed by atoms with Crippen molar-refractivity contribution >= 4 is 5.52 Å². The Labute approximate surface area is 125 Å². The Hall–Kier alpha value is -1.35. The molecule has 2 aromatic rings. The van der Waals surface area contributed by atoms with Crippen molar-refractivity contribution in [3.8, 4) is 0 Å². The molecule has 2 heterocycles. The molecule has 4 fully saturated rings. The van der Waals surface area contributed by atoms with Gasteiger partial charge >= 0.3 is 0 Å². The highest BCUT2D eigenvalue weighted by Crippen LogP contribution is 2.55. The molecule has 0 atom stereocenters. The van der Waals surface area contributed by atoms with Crippen molar-refractivity contribution in [2.75, 3.05) is 0 Å². The fourth-order valence-electron chi connectivity index (χ4n) is 5.73. The van der Waals surface area contributed by atoms with Crippen LogP contribution in [-0.2, 0) is 6.54 Å². The van der Waals surface area contributed by atoms with Crippen LogP contribution in [0.5, 0.6) is 0 Å². The maximum absolute atomic E-state index is 4.46. The van der Waals surface area contributed by atoms with E-state index in [1.54, 1.807) is 0 Å². The van der Waals surface area contributed by atoms with Crippen LogP contribution in [0.1, 0.15) is 44.1 Å². The lowest BCUT2D eigenvalue weighted by Crippen LogP contribution is -2.58. The Kier molecular flexibility index (Phi) is 2.52. The number of nitrogens with one attached hydrogen (secondary N) is 1. The Balaban J connectivity index is 1.38. The molecule has 4 bridgehead atoms. The molecule has 21 heavy (non-hydrogen) atoms. The summed E-state index contributed by atoms with van der Waals surface area (Å²) in [6, 6.07) is 6.31. The van der Waals surface area contributed by atoms with Gasteiger partial charge in [-0.3, -0.25) is 0 Å². The van der Waals surface area contributed by atoms with E-state index in [0.29, 0.717) is 5.54 Å². The molecule has 0 saturated heterocycles. The minimum absolute atomic E-state index is 0.442. The molecule has 4 saturated carbocycles. The first kappa shape index (κ1) is 12.2. The molecule has 0 aliphatic heterocycles. The van der Waals surface area contributed by atoms with Crippen molar-refractivity contribution in [1.29, 1.82) is 0 Å². The third-order valence-corrected chi connectivity index (χ3v) is 6.20. The van der Waals surface area contributed by atoms with Crippen LogP contribution in [-0.4, -0.2) is 15.2 Å². The van der Waals surface area contributed by atoms with Crippen LogP contribution >= 0.6 is 0 Å². The predicted octanol–water partition coefficient (Wildman–Crippen LogP) is 3.39. The number of fused-ring (bicyclic) bond motifs is 1. The van der Waals surface area contributed by atoms with E-state index < -0.39 is 0 Å². The largest absolute Gasteiger partial charge is 0.307 e. The number of rotatable bonds is 3. The zero-order chi connectivity index (χ0) is 13.9. The number of aromatic nitrogens is 2. The molecule has 0 aromatic carbocycles. The Bertz CT molecular complexity index is 637. The fraction of sp³-hybridized carbons (Fsp3) is 0.611. The van der Waals surface area contributed by atoms with Crippen LogP contribution in [0.3, 0.4) is 0 Å². The molecule has 3 heteroatoms. The monoisotopic (exact) mass is 281 g/mol.